The topological polar surface area (TPSA) is 77.6 Å². The zero-order valence-electron chi connectivity index (χ0n) is 15.1. The number of carbonyl (C=O) groups is 1. The number of anilines is 1. The summed E-state index contributed by atoms with van der Waals surface area (Å²) in [4.78, 5) is 16.6. The van der Waals surface area contributed by atoms with Crippen molar-refractivity contribution >= 4 is 11.7 Å². The molecule has 0 aliphatic heterocycles. The van der Waals surface area contributed by atoms with Crippen LogP contribution in [0.15, 0.2) is 67.3 Å². The summed E-state index contributed by atoms with van der Waals surface area (Å²) in [6.45, 7) is 0.0832. The van der Waals surface area contributed by atoms with Gasteiger partial charge in [-0.25, -0.2) is 4.39 Å². The highest BCUT2D eigenvalue weighted by molar-refractivity contribution is 5.98. The van der Waals surface area contributed by atoms with Crippen molar-refractivity contribution in [1.29, 1.82) is 0 Å². The Kier molecular flexibility index (Phi) is 4.67. The van der Waals surface area contributed by atoms with E-state index in [0.717, 1.165) is 16.7 Å². The summed E-state index contributed by atoms with van der Waals surface area (Å²) in [5, 5.41) is 11.5. The molecule has 0 atom stereocenters. The second kappa shape index (κ2) is 7.43. The quantitative estimate of drug-likeness (QED) is 0.581. The second-order valence-electron chi connectivity index (χ2n) is 6.19. The van der Waals surface area contributed by atoms with Gasteiger partial charge < -0.3 is 5.32 Å². The van der Waals surface area contributed by atoms with Crippen LogP contribution in [0.2, 0.25) is 0 Å². The highest BCUT2D eigenvalue weighted by Crippen LogP contribution is 2.37. The van der Waals surface area contributed by atoms with Crippen LogP contribution in [0.5, 0.6) is 0 Å². The van der Waals surface area contributed by atoms with Crippen molar-refractivity contribution in [1.82, 2.24) is 24.5 Å². The summed E-state index contributed by atoms with van der Waals surface area (Å²) in [7, 11) is 1.75. The molecule has 140 valence electrons. The van der Waals surface area contributed by atoms with Crippen molar-refractivity contribution < 1.29 is 9.18 Å². The van der Waals surface area contributed by atoms with Gasteiger partial charge in [-0.15, -0.1) is 0 Å². The third-order valence-corrected chi connectivity index (χ3v) is 4.26. The van der Waals surface area contributed by atoms with E-state index in [0.29, 0.717) is 11.5 Å². The Morgan fingerprint density at radius 3 is 2.50 bits per heavy atom. The van der Waals surface area contributed by atoms with Gasteiger partial charge in [0.1, 0.15) is 23.9 Å². The van der Waals surface area contributed by atoms with E-state index in [1.54, 1.807) is 59.4 Å². The average Bonchev–Trinajstić information content (AvgIpc) is 3.31. The molecule has 4 rings (SSSR count). The van der Waals surface area contributed by atoms with Gasteiger partial charge in [-0.1, -0.05) is 0 Å². The predicted molar refractivity (Wildman–Crippen MR) is 103 cm³/mol. The molecular formula is C20H17FN6O. The minimum absolute atomic E-state index is 0.0832. The van der Waals surface area contributed by atoms with Crippen molar-refractivity contribution in [3.05, 3.63) is 73.1 Å². The molecule has 28 heavy (non-hydrogen) atoms. The Labute approximate surface area is 160 Å². The largest absolute Gasteiger partial charge is 0.309 e. The highest BCUT2D eigenvalue weighted by Gasteiger charge is 2.21. The number of nitrogens with zero attached hydrogens (tertiary/aromatic N) is 5. The molecule has 0 radical (unpaired) electrons. The van der Waals surface area contributed by atoms with Crippen LogP contribution in [0.1, 0.15) is 0 Å². The van der Waals surface area contributed by atoms with Gasteiger partial charge >= 0.3 is 0 Å². The summed E-state index contributed by atoms with van der Waals surface area (Å²) < 4.78 is 16.5. The molecule has 0 fully saturated rings. The number of hydrogen-bond acceptors (Lipinski definition) is 4. The number of amides is 1. The van der Waals surface area contributed by atoms with E-state index in [1.165, 1.54) is 12.1 Å². The van der Waals surface area contributed by atoms with E-state index in [-0.39, 0.29) is 18.3 Å². The maximum atomic E-state index is 13.4. The fourth-order valence-electron chi connectivity index (χ4n) is 2.98. The normalized spacial score (nSPS) is 10.8. The van der Waals surface area contributed by atoms with E-state index < -0.39 is 0 Å². The molecule has 7 nitrogen and oxygen atoms in total. The lowest BCUT2D eigenvalue weighted by Gasteiger charge is -2.10. The first-order chi connectivity index (χ1) is 13.6. The third-order valence-electron chi connectivity index (χ3n) is 4.26. The molecule has 0 aliphatic carbocycles. The first-order valence-electron chi connectivity index (χ1n) is 8.62. The average molecular weight is 376 g/mol. The number of hydrogen-bond donors (Lipinski definition) is 1. The van der Waals surface area contributed by atoms with Crippen molar-refractivity contribution in [2.75, 3.05) is 5.32 Å². The highest BCUT2D eigenvalue weighted by atomic mass is 19.1. The van der Waals surface area contributed by atoms with Gasteiger partial charge in [0.05, 0.1) is 5.56 Å². The zero-order valence-corrected chi connectivity index (χ0v) is 15.1. The molecule has 3 aromatic heterocycles. The molecule has 0 bridgehead atoms. The van der Waals surface area contributed by atoms with Gasteiger partial charge in [0.15, 0.2) is 0 Å². The lowest BCUT2D eigenvalue weighted by Crippen LogP contribution is -2.21. The molecule has 0 aliphatic rings. The first kappa shape index (κ1) is 17.6. The monoisotopic (exact) mass is 376 g/mol. The Morgan fingerprint density at radius 2 is 1.82 bits per heavy atom. The van der Waals surface area contributed by atoms with Crippen LogP contribution in [0.25, 0.3) is 22.4 Å². The van der Waals surface area contributed by atoms with Gasteiger partial charge in [-0.3, -0.25) is 19.1 Å². The van der Waals surface area contributed by atoms with Crippen molar-refractivity contribution in [3.8, 4) is 22.4 Å². The van der Waals surface area contributed by atoms with Crippen LogP contribution in [0.3, 0.4) is 0 Å². The summed E-state index contributed by atoms with van der Waals surface area (Å²) in [5.74, 6) is -0.00626. The lowest BCUT2D eigenvalue weighted by atomic mass is 10.0. The van der Waals surface area contributed by atoms with Crippen LogP contribution in [-0.4, -0.2) is 30.5 Å². The van der Waals surface area contributed by atoms with Crippen LogP contribution in [0, 0.1) is 5.82 Å². The van der Waals surface area contributed by atoms with Crippen molar-refractivity contribution in [2.24, 2.45) is 7.05 Å². The Hall–Kier alpha value is -3.81. The van der Waals surface area contributed by atoms with E-state index in [9.17, 15) is 9.18 Å². The molecule has 1 amide bonds. The molecule has 1 N–H and O–H groups in total. The predicted octanol–water partition coefficient (Wildman–Crippen LogP) is 3.12. The summed E-state index contributed by atoms with van der Waals surface area (Å²) in [6.07, 6.45) is 6.68. The smallest absolute Gasteiger partial charge is 0.247 e. The summed E-state index contributed by atoms with van der Waals surface area (Å²) in [5.41, 5.74) is 2.97. The van der Waals surface area contributed by atoms with Gasteiger partial charge in [-0.05, 0) is 48.0 Å². The van der Waals surface area contributed by atoms with E-state index >= 15 is 0 Å². The molecule has 0 unspecified atom stereocenters. The molecule has 0 saturated carbocycles. The second-order valence-corrected chi connectivity index (χ2v) is 6.19. The van der Waals surface area contributed by atoms with Gasteiger partial charge in [0, 0.05) is 37.4 Å². The van der Waals surface area contributed by atoms with Crippen molar-refractivity contribution in [3.63, 3.8) is 0 Å². The lowest BCUT2D eigenvalue weighted by molar-refractivity contribution is -0.116. The molecule has 8 heteroatoms. The van der Waals surface area contributed by atoms with Crippen molar-refractivity contribution in [2.45, 2.75) is 6.54 Å². The van der Waals surface area contributed by atoms with Crippen LogP contribution < -0.4 is 5.32 Å². The standard InChI is InChI=1S/C20H17FN6O/c1-26-20(24-17(28)13-27-12-2-9-23-27)18(14-7-10-22-11-8-14)19(25-26)15-3-5-16(21)6-4-15/h2-12H,13H2,1H3,(H,24,28). The molecule has 4 aromatic rings. The van der Waals surface area contributed by atoms with Gasteiger partial charge in [0.2, 0.25) is 5.91 Å². The van der Waals surface area contributed by atoms with E-state index in [1.807, 2.05) is 12.1 Å². The fourth-order valence-corrected chi connectivity index (χ4v) is 2.98. The Bertz CT molecular complexity index is 1090. The Morgan fingerprint density at radius 1 is 1.07 bits per heavy atom. The molecule has 0 saturated heterocycles. The van der Waals surface area contributed by atoms with E-state index in [2.05, 4.69) is 20.5 Å². The number of aryl methyl sites for hydroxylation is 1. The zero-order chi connectivity index (χ0) is 19.5. The number of rotatable bonds is 5. The van der Waals surface area contributed by atoms with E-state index in [4.69, 9.17) is 0 Å². The fraction of sp³-hybridized carbons (Fsp3) is 0.100. The Balaban J connectivity index is 1.77. The molecular weight excluding hydrogens is 359 g/mol. The first-order valence-corrected chi connectivity index (χ1v) is 8.62. The van der Waals surface area contributed by atoms with Crippen LogP contribution >= 0.6 is 0 Å². The number of halogens is 1. The number of carbonyl (C=O) groups excluding carboxylic acids is 1. The number of pyridine rings is 1. The number of nitrogens with one attached hydrogen (secondary N) is 1. The number of aromatic nitrogens is 5. The molecule has 1 aromatic carbocycles. The van der Waals surface area contributed by atoms with Gasteiger partial charge in [0.25, 0.3) is 0 Å². The summed E-state index contributed by atoms with van der Waals surface area (Å²) >= 11 is 0. The van der Waals surface area contributed by atoms with Crippen LogP contribution in [-0.2, 0) is 18.4 Å². The van der Waals surface area contributed by atoms with Gasteiger partial charge in [-0.2, -0.15) is 10.2 Å². The molecule has 3 heterocycles. The SMILES string of the molecule is Cn1nc(-c2ccc(F)cc2)c(-c2ccncc2)c1NC(=O)Cn1cccn1. The minimum Gasteiger partial charge on any atom is -0.309 e. The number of benzene rings is 1. The maximum absolute atomic E-state index is 13.4. The minimum atomic E-state index is -0.321. The maximum Gasteiger partial charge on any atom is 0.247 e. The summed E-state index contributed by atoms with van der Waals surface area (Å²) in [6, 6.07) is 11.5. The third kappa shape index (κ3) is 3.52. The van der Waals surface area contributed by atoms with Crippen LogP contribution in [0.4, 0.5) is 10.2 Å². The molecule has 0 spiro atoms.